The van der Waals surface area contributed by atoms with Crippen LogP contribution in [0.2, 0.25) is 0 Å². The average Bonchev–Trinajstić information content (AvgIpc) is 2.55. The Kier molecular flexibility index (Phi) is 5.17. The van der Waals surface area contributed by atoms with Gasteiger partial charge in [-0.05, 0) is 38.8 Å². The quantitative estimate of drug-likeness (QED) is 0.780. The van der Waals surface area contributed by atoms with Crippen LogP contribution in [-0.4, -0.2) is 28.2 Å². The fraction of sp³-hybridized carbons (Fsp3) is 0.632. The van der Waals surface area contributed by atoms with Gasteiger partial charge < -0.3 is 4.74 Å². The highest BCUT2D eigenvalue weighted by Crippen LogP contribution is 2.46. The Hall–Kier alpha value is -1.39. The first-order valence-electron chi connectivity index (χ1n) is 8.52. The van der Waals surface area contributed by atoms with E-state index in [1.165, 1.54) is 5.06 Å². The van der Waals surface area contributed by atoms with Crippen LogP contribution in [0.25, 0.3) is 0 Å². The van der Waals surface area contributed by atoms with Gasteiger partial charge in [0.05, 0.1) is 11.1 Å². The van der Waals surface area contributed by atoms with Gasteiger partial charge in [0.25, 0.3) is 0 Å². The summed E-state index contributed by atoms with van der Waals surface area (Å²) in [5, 5.41) is 14.2. The van der Waals surface area contributed by atoms with Gasteiger partial charge in [0, 0.05) is 17.9 Å². The number of rotatable bonds is 4. The van der Waals surface area contributed by atoms with Crippen LogP contribution in [0.1, 0.15) is 64.2 Å². The average molecular weight is 318 g/mol. The molecule has 0 aliphatic carbocycles. The highest BCUT2D eigenvalue weighted by atomic mass is 16.5. The molecule has 2 rings (SSSR count). The third kappa shape index (κ3) is 3.15. The molecule has 2 atom stereocenters. The van der Waals surface area contributed by atoms with E-state index in [4.69, 9.17) is 4.74 Å². The molecule has 1 aliphatic rings. The summed E-state index contributed by atoms with van der Waals surface area (Å²) < 4.78 is 5.83. The minimum Gasteiger partial charge on any atom is -0.458 e. The second-order valence-electron chi connectivity index (χ2n) is 7.22. The van der Waals surface area contributed by atoms with Crippen LogP contribution in [0.5, 0.6) is 0 Å². The molecule has 0 bridgehead atoms. The van der Waals surface area contributed by atoms with Crippen LogP contribution in [0, 0.1) is 5.92 Å². The highest BCUT2D eigenvalue weighted by molar-refractivity contribution is 5.89. The van der Waals surface area contributed by atoms with Crippen LogP contribution in [0.4, 0.5) is 0 Å². The van der Waals surface area contributed by atoms with Crippen molar-refractivity contribution in [1.82, 2.24) is 5.06 Å². The number of esters is 1. The first-order chi connectivity index (χ1) is 10.8. The maximum Gasteiger partial charge on any atom is 0.338 e. The Morgan fingerprint density at radius 1 is 1.22 bits per heavy atom. The summed E-state index contributed by atoms with van der Waals surface area (Å²) in [6.07, 6.45) is 1.80. The minimum atomic E-state index is -0.542. The monoisotopic (exact) mass is 318 g/mol. The molecule has 1 radical (unpaired) electrons. The number of hydrogen-bond donors (Lipinski definition) is 0. The van der Waals surface area contributed by atoms with Gasteiger partial charge in [-0.1, -0.05) is 39.0 Å². The maximum absolute atomic E-state index is 12.9. The van der Waals surface area contributed by atoms with Crippen molar-refractivity contribution in [2.75, 3.05) is 0 Å². The van der Waals surface area contributed by atoms with Gasteiger partial charge in [-0.3, -0.25) is 0 Å². The lowest BCUT2D eigenvalue weighted by molar-refractivity contribution is -0.324. The third-order valence-electron chi connectivity index (χ3n) is 5.55. The maximum atomic E-state index is 12.9. The molecule has 4 heteroatoms. The lowest BCUT2D eigenvalue weighted by atomic mass is 9.68. The van der Waals surface area contributed by atoms with Crippen molar-refractivity contribution >= 4 is 5.97 Å². The van der Waals surface area contributed by atoms with E-state index in [0.717, 1.165) is 12.8 Å². The summed E-state index contributed by atoms with van der Waals surface area (Å²) in [7, 11) is 0. The molecular formula is C19H28NO3. The largest absolute Gasteiger partial charge is 0.458 e. The second kappa shape index (κ2) is 6.62. The van der Waals surface area contributed by atoms with Gasteiger partial charge >= 0.3 is 5.97 Å². The Balaban J connectivity index is 2.26. The molecule has 0 amide bonds. The first kappa shape index (κ1) is 18.0. The third-order valence-corrected chi connectivity index (χ3v) is 5.55. The van der Waals surface area contributed by atoms with E-state index in [1.54, 1.807) is 12.1 Å². The molecule has 127 valence electrons. The van der Waals surface area contributed by atoms with E-state index in [9.17, 15) is 10.0 Å². The molecule has 1 aromatic rings. The number of hydrogen-bond acceptors (Lipinski definition) is 3. The van der Waals surface area contributed by atoms with Gasteiger partial charge in [-0.15, -0.1) is 10.3 Å². The lowest BCUT2D eigenvalue weighted by Gasteiger charge is -2.55. The van der Waals surface area contributed by atoms with Crippen molar-refractivity contribution in [2.45, 2.75) is 71.1 Å². The molecule has 0 N–H and O–H groups in total. The number of piperidine rings is 1. The van der Waals surface area contributed by atoms with E-state index in [2.05, 4.69) is 0 Å². The number of nitrogens with zero attached hydrogens (tertiary/aromatic N) is 1. The Bertz CT molecular complexity index is 537. The van der Waals surface area contributed by atoms with E-state index in [-0.39, 0.29) is 18.0 Å². The molecule has 4 nitrogen and oxygen atoms in total. The van der Waals surface area contributed by atoms with Gasteiger partial charge in [0.15, 0.2) is 0 Å². The Morgan fingerprint density at radius 3 is 2.30 bits per heavy atom. The molecule has 1 aliphatic heterocycles. The number of carbonyl (C=O) groups is 1. The van der Waals surface area contributed by atoms with Gasteiger partial charge in [-0.25, -0.2) is 4.79 Å². The summed E-state index contributed by atoms with van der Waals surface area (Å²) in [5.74, 6) is -0.311. The zero-order chi connectivity index (χ0) is 17.3. The van der Waals surface area contributed by atoms with Crippen LogP contribution in [0.3, 0.4) is 0 Å². The lowest BCUT2D eigenvalue weighted by Crippen LogP contribution is -2.66. The van der Waals surface area contributed by atoms with Crippen molar-refractivity contribution < 1.29 is 14.7 Å². The second-order valence-corrected chi connectivity index (χ2v) is 7.22. The van der Waals surface area contributed by atoms with Crippen molar-refractivity contribution in [3.63, 3.8) is 0 Å². The van der Waals surface area contributed by atoms with Crippen molar-refractivity contribution in [1.29, 1.82) is 0 Å². The van der Waals surface area contributed by atoms with Crippen LogP contribution in [0.15, 0.2) is 30.3 Å². The summed E-state index contributed by atoms with van der Waals surface area (Å²) >= 11 is 0. The van der Waals surface area contributed by atoms with E-state index in [1.807, 2.05) is 52.8 Å². The van der Waals surface area contributed by atoms with Gasteiger partial charge in [0.1, 0.15) is 6.10 Å². The van der Waals surface area contributed by atoms with Crippen LogP contribution < -0.4 is 0 Å². The van der Waals surface area contributed by atoms with Crippen molar-refractivity contribution in [3.05, 3.63) is 35.9 Å². The SMILES string of the molecule is CCC1(CC)C(C)C(OC(=O)c2ccccc2)CC(C)(C)N1[O]. The summed E-state index contributed by atoms with van der Waals surface area (Å²) in [6, 6.07) is 9.04. The standard InChI is InChI=1S/C19H28NO3/c1-6-19(7-2)14(3)16(13-18(4,5)20(19)22)23-17(21)15-11-9-8-10-12-15/h8-12,14,16H,6-7,13H2,1-5H3. The minimum absolute atomic E-state index is 0.00399. The summed E-state index contributed by atoms with van der Waals surface area (Å²) in [6.45, 7) is 10.0. The predicted molar refractivity (Wildman–Crippen MR) is 89.3 cm³/mol. The molecule has 2 unspecified atom stereocenters. The first-order valence-corrected chi connectivity index (χ1v) is 8.52. The Morgan fingerprint density at radius 2 is 1.78 bits per heavy atom. The van der Waals surface area contributed by atoms with E-state index < -0.39 is 11.1 Å². The zero-order valence-corrected chi connectivity index (χ0v) is 14.8. The number of carbonyl (C=O) groups excluding carboxylic acids is 1. The van der Waals surface area contributed by atoms with Crippen molar-refractivity contribution in [2.24, 2.45) is 5.92 Å². The fourth-order valence-electron chi connectivity index (χ4n) is 3.99. The zero-order valence-electron chi connectivity index (χ0n) is 14.8. The number of benzene rings is 1. The molecule has 1 aromatic carbocycles. The predicted octanol–water partition coefficient (Wildman–Crippen LogP) is 4.24. The summed E-state index contributed by atoms with van der Waals surface area (Å²) in [4.78, 5) is 12.4. The molecular weight excluding hydrogens is 290 g/mol. The Labute approximate surface area is 139 Å². The molecule has 1 heterocycles. The normalized spacial score (nSPS) is 26.7. The molecule has 0 aromatic heterocycles. The molecule has 23 heavy (non-hydrogen) atoms. The van der Waals surface area contributed by atoms with E-state index in [0.29, 0.717) is 12.0 Å². The number of ether oxygens (including phenoxy) is 1. The van der Waals surface area contributed by atoms with Crippen molar-refractivity contribution in [3.8, 4) is 0 Å². The van der Waals surface area contributed by atoms with Crippen LogP contribution >= 0.6 is 0 Å². The molecule has 1 fully saturated rings. The van der Waals surface area contributed by atoms with E-state index >= 15 is 0 Å². The topological polar surface area (TPSA) is 49.4 Å². The smallest absolute Gasteiger partial charge is 0.338 e. The highest BCUT2D eigenvalue weighted by Gasteiger charge is 2.55. The summed E-state index contributed by atoms with van der Waals surface area (Å²) in [5.41, 5.74) is -0.468. The number of hydroxylamine groups is 2. The fourth-order valence-corrected chi connectivity index (χ4v) is 3.99. The molecule has 0 saturated carbocycles. The van der Waals surface area contributed by atoms with Crippen LogP contribution in [-0.2, 0) is 9.94 Å². The molecule has 0 spiro atoms. The van der Waals surface area contributed by atoms with Gasteiger partial charge in [-0.2, -0.15) is 0 Å². The van der Waals surface area contributed by atoms with Gasteiger partial charge in [0.2, 0.25) is 0 Å². The molecule has 1 saturated heterocycles.